The van der Waals surface area contributed by atoms with E-state index in [1.54, 1.807) is 0 Å². The predicted octanol–water partition coefficient (Wildman–Crippen LogP) is 2.93. The second-order valence-electron chi connectivity index (χ2n) is 7.29. The van der Waals surface area contributed by atoms with Crippen LogP contribution in [0, 0.1) is 0 Å². The lowest BCUT2D eigenvalue weighted by molar-refractivity contribution is 0.129. The Hall–Kier alpha value is -1.65. The first-order valence-corrected chi connectivity index (χ1v) is 9.41. The van der Waals surface area contributed by atoms with Crippen molar-refractivity contribution in [3.05, 3.63) is 53.3 Å². The number of piperidine rings is 2. The number of hydrogen-bond donors (Lipinski definition) is 2. The van der Waals surface area contributed by atoms with Crippen LogP contribution in [0.2, 0.25) is 0 Å². The van der Waals surface area contributed by atoms with E-state index < -0.39 is 0 Å². The minimum Gasteiger partial charge on any atom is -0.315 e. The molecule has 0 radical (unpaired) electrons. The fourth-order valence-electron chi connectivity index (χ4n) is 4.20. The summed E-state index contributed by atoms with van der Waals surface area (Å²) >= 11 is 0. The third kappa shape index (κ3) is 3.70. The number of likely N-dealkylation sites (tertiary alicyclic amines) is 1. The molecule has 0 spiro atoms. The summed E-state index contributed by atoms with van der Waals surface area (Å²) in [5.74, 6) is 0.624. The van der Waals surface area contributed by atoms with E-state index in [-0.39, 0.29) is 0 Å². The minimum atomic E-state index is 0.624. The van der Waals surface area contributed by atoms with Crippen molar-refractivity contribution >= 4 is 0 Å². The SMILES string of the molecule is c1ccc(Cc2cc(C3CCN(C4CCCNC4)CC3)n[nH]2)cc1. The molecule has 0 amide bonds. The summed E-state index contributed by atoms with van der Waals surface area (Å²) in [6, 6.07) is 13.7. The maximum absolute atomic E-state index is 4.62. The van der Waals surface area contributed by atoms with E-state index in [9.17, 15) is 0 Å². The number of aromatic nitrogens is 2. The zero-order chi connectivity index (χ0) is 16.2. The van der Waals surface area contributed by atoms with Gasteiger partial charge in [0.05, 0.1) is 5.69 Å². The van der Waals surface area contributed by atoms with E-state index in [1.165, 1.54) is 68.8 Å². The molecule has 4 heteroatoms. The lowest BCUT2D eigenvalue weighted by Crippen LogP contribution is -2.48. The molecule has 2 aliphatic heterocycles. The van der Waals surface area contributed by atoms with Gasteiger partial charge in [-0.05, 0) is 56.9 Å². The summed E-state index contributed by atoms with van der Waals surface area (Å²) in [6.45, 7) is 4.81. The van der Waals surface area contributed by atoms with Gasteiger partial charge in [0.15, 0.2) is 0 Å². The first-order chi connectivity index (χ1) is 11.9. The van der Waals surface area contributed by atoms with Gasteiger partial charge in [-0.3, -0.25) is 10.00 Å². The normalized spacial score (nSPS) is 23.4. The smallest absolute Gasteiger partial charge is 0.0656 e. The Labute approximate surface area is 144 Å². The molecule has 4 nitrogen and oxygen atoms in total. The predicted molar refractivity (Wildman–Crippen MR) is 97.3 cm³/mol. The van der Waals surface area contributed by atoms with Gasteiger partial charge in [-0.25, -0.2) is 0 Å². The molecule has 2 aromatic rings. The molecule has 0 aliphatic carbocycles. The van der Waals surface area contributed by atoms with Crippen LogP contribution < -0.4 is 5.32 Å². The van der Waals surface area contributed by atoms with Crippen LogP contribution in [0.15, 0.2) is 36.4 Å². The standard InChI is InChI=1S/C20H28N4/c1-2-5-16(6-3-1)13-18-14-20(23-22-18)17-8-11-24(12-9-17)19-7-4-10-21-15-19/h1-3,5-6,14,17,19,21H,4,7-13,15H2,(H,22,23). The van der Waals surface area contributed by atoms with Crippen LogP contribution in [-0.4, -0.2) is 47.3 Å². The summed E-state index contributed by atoms with van der Waals surface area (Å²) in [5, 5.41) is 11.4. The molecule has 0 bridgehead atoms. The number of aromatic amines is 1. The van der Waals surface area contributed by atoms with Gasteiger partial charge in [0.2, 0.25) is 0 Å². The van der Waals surface area contributed by atoms with Crippen LogP contribution in [-0.2, 0) is 6.42 Å². The van der Waals surface area contributed by atoms with Gasteiger partial charge >= 0.3 is 0 Å². The molecule has 1 aromatic carbocycles. The second-order valence-corrected chi connectivity index (χ2v) is 7.29. The number of hydrogen-bond acceptors (Lipinski definition) is 3. The highest BCUT2D eigenvalue weighted by molar-refractivity contribution is 5.23. The summed E-state index contributed by atoms with van der Waals surface area (Å²) in [5.41, 5.74) is 3.84. The van der Waals surface area contributed by atoms with Crippen molar-refractivity contribution in [1.29, 1.82) is 0 Å². The van der Waals surface area contributed by atoms with Crippen molar-refractivity contribution in [3.8, 4) is 0 Å². The fraction of sp³-hybridized carbons (Fsp3) is 0.550. The van der Waals surface area contributed by atoms with Crippen molar-refractivity contribution in [2.24, 2.45) is 0 Å². The summed E-state index contributed by atoms with van der Waals surface area (Å²) < 4.78 is 0. The largest absolute Gasteiger partial charge is 0.315 e. The molecule has 1 atom stereocenters. The fourth-order valence-corrected chi connectivity index (χ4v) is 4.20. The summed E-state index contributed by atoms with van der Waals surface area (Å²) in [6.07, 6.45) is 6.12. The van der Waals surface area contributed by atoms with Crippen molar-refractivity contribution in [3.63, 3.8) is 0 Å². The number of H-pyrrole nitrogens is 1. The van der Waals surface area contributed by atoms with Gasteiger partial charge in [-0.1, -0.05) is 30.3 Å². The van der Waals surface area contributed by atoms with Gasteiger partial charge in [-0.2, -0.15) is 5.10 Å². The van der Waals surface area contributed by atoms with E-state index in [2.05, 4.69) is 56.8 Å². The average Bonchev–Trinajstić information content (AvgIpc) is 3.12. The van der Waals surface area contributed by atoms with Crippen LogP contribution in [0.5, 0.6) is 0 Å². The van der Waals surface area contributed by atoms with Gasteiger partial charge < -0.3 is 5.32 Å². The molecule has 128 valence electrons. The van der Waals surface area contributed by atoms with E-state index in [0.717, 1.165) is 12.5 Å². The van der Waals surface area contributed by atoms with Crippen molar-refractivity contribution < 1.29 is 0 Å². The first-order valence-electron chi connectivity index (χ1n) is 9.41. The maximum atomic E-state index is 4.62. The molecular formula is C20H28N4. The Balaban J connectivity index is 1.32. The average molecular weight is 324 g/mol. The molecule has 1 aromatic heterocycles. The number of rotatable bonds is 4. The molecule has 2 fully saturated rings. The molecule has 3 heterocycles. The van der Waals surface area contributed by atoms with E-state index in [0.29, 0.717) is 5.92 Å². The number of benzene rings is 1. The van der Waals surface area contributed by atoms with Crippen LogP contribution in [0.4, 0.5) is 0 Å². The zero-order valence-electron chi connectivity index (χ0n) is 14.4. The quantitative estimate of drug-likeness (QED) is 0.909. The van der Waals surface area contributed by atoms with Crippen molar-refractivity contribution in [2.45, 2.75) is 44.1 Å². The Bertz CT molecular complexity index is 622. The molecule has 2 N–H and O–H groups in total. The highest BCUT2D eigenvalue weighted by Crippen LogP contribution is 2.29. The Kier molecular flexibility index (Phi) is 4.95. The Morgan fingerprint density at radius 3 is 2.67 bits per heavy atom. The van der Waals surface area contributed by atoms with Crippen LogP contribution in [0.25, 0.3) is 0 Å². The Morgan fingerprint density at radius 1 is 1.08 bits per heavy atom. The third-order valence-corrected chi connectivity index (χ3v) is 5.62. The highest BCUT2D eigenvalue weighted by atomic mass is 15.2. The number of nitrogens with one attached hydrogen (secondary N) is 2. The van der Waals surface area contributed by atoms with Crippen LogP contribution in [0.3, 0.4) is 0 Å². The van der Waals surface area contributed by atoms with Crippen molar-refractivity contribution in [2.75, 3.05) is 26.2 Å². The topological polar surface area (TPSA) is 44.0 Å². The second kappa shape index (κ2) is 7.49. The van der Waals surface area contributed by atoms with Gasteiger partial charge in [0.25, 0.3) is 0 Å². The minimum absolute atomic E-state index is 0.624. The molecule has 2 saturated heterocycles. The van der Waals surface area contributed by atoms with E-state index >= 15 is 0 Å². The van der Waals surface area contributed by atoms with Gasteiger partial charge in [-0.15, -0.1) is 0 Å². The molecule has 2 aliphatic rings. The zero-order valence-corrected chi connectivity index (χ0v) is 14.4. The lowest BCUT2D eigenvalue weighted by Gasteiger charge is -2.39. The molecule has 1 unspecified atom stereocenters. The first kappa shape index (κ1) is 15.9. The lowest BCUT2D eigenvalue weighted by atomic mass is 9.91. The van der Waals surface area contributed by atoms with Gasteiger partial charge in [0, 0.05) is 30.6 Å². The van der Waals surface area contributed by atoms with Crippen LogP contribution in [0.1, 0.15) is 48.6 Å². The summed E-state index contributed by atoms with van der Waals surface area (Å²) in [4.78, 5) is 2.69. The van der Waals surface area contributed by atoms with Crippen molar-refractivity contribution in [1.82, 2.24) is 20.4 Å². The molecule has 24 heavy (non-hydrogen) atoms. The third-order valence-electron chi connectivity index (χ3n) is 5.62. The maximum Gasteiger partial charge on any atom is 0.0656 e. The molecular weight excluding hydrogens is 296 g/mol. The monoisotopic (exact) mass is 324 g/mol. The molecule has 0 saturated carbocycles. The van der Waals surface area contributed by atoms with Gasteiger partial charge in [0.1, 0.15) is 0 Å². The summed E-state index contributed by atoms with van der Waals surface area (Å²) in [7, 11) is 0. The number of nitrogens with zero attached hydrogens (tertiary/aromatic N) is 2. The Morgan fingerprint density at radius 2 is 1.92 bits per heavy atom. The van der Waals surface area contributed by atoms with Crippen LogP contribution >= 0.6 is 0 Å². The van der Waals surface area contributed by atoms with E-state index in [1.807, 2.05) is 0 Å². The van der Waals surface area contributed by atoms with E-state index in [4.69, 9.17) is 0 Å². The molecule has 4 rings (SSSR count). The highest BCUT2D eigenvalue weighted by Gasteiger charge is 2.27.